The molecule has 3 amide bonds. The molecular weight excluding hydrogens is 332 g/mol. The van der Waals surface area contributed by atoms with Gasteiger partial charge in [0.25, 0.3) is 0 Å². The number of likely N-dealkylation sites (N-methyl/N-ethyl adjacent to an activating group) is 1. The molecule has 0 aliphatic carbocycles. The zero-order valence-electron chi connectivity index (χ0n) is 16.3. The first-order valence-electron chi connectivity index (χ1n) is 9.17. The zero-order chi connectivity index (χ0) is 19.7. The normalized spacial score (nSPS) is 25.5. The summed E-state index contributed by atoms with van der Waals surface area (Å²) in [5, 5.41) is 11.5. The molecule has 1 rings (SSSR count). The van der Waals surface area contributed by atoms with Crippen LogP contribution in [0.3, 0.4) is 0 Å². The van der Waals surface area contributed by atoms with Gasteiger partial charge in [-0.3, -0.25) is 14.4 Å². The maximum atomic E-state index is 12.7. The van der Waals surface area contributed by atoms with Crippen molar-refractivity contribution in [2.24, 2.45) is 11.8 Å². The summed E-state index contributed by atoms with van der Waals surface area (Å²) in [6.45, 7) is 8.27. The first-order valence-corrected chi connectivity index (χ1v) is 9.17. The van der Waals surface area contributed by atoms with Crippen molar-refractivity contribution in [2.75, 3.05) is 13.6 Å². The first-order chi connectivity index (χ1) is 12.3. The van der Waals surface area contributed by atoms with Crippen molar-refractivity contribution >= 4 is 17.7 Å². The van der Waals surface area contributed by atoms with Crippen LogP contribution in [0.15, 0.2) is 24.3 Å². The maximum Gasteiger partial charge on any atom is 0.247 e. The van der Waals surface area contributed by atoms with E-state index < -0.39 is 6.04 Å². The fourth-order valence-corrected chi connectivity index (χ4v) is 2.66. The molecule has 0 bridgehead atoms. The highest BCUT2D eigenvalue weighted by molar-refractivity contribution is 5.92. The van der Waals surface area contributed by atoms with Gasteiger partial charge in [-0.25, -0.2) is 0 Å². The average Bonchev–Trinajstić information content (AvgIpc) is 2.55. The molecule has 7 nitrogen and oxygen atoms in total. The molecule has 1 aliphatic rings. The van der Waals surface area contributed by atoms with Crippen LogP contribution in [0, 0.1) is 11.8 Å². The molecule has 146 valence electrons. The van der Waals surface area contributed by atoms with Gasteiger partial charge in [0.2, 0.25) is 17.7 Å². The molecule has 0 fully saturated rings. The fourth-order valence-electron chi connectivity index (χ4n) is 2.66. The molecule has 0 spiro atoms. The molecular formula is C19H32N4O3. The predicted molar refractivity (Wildman–Crippen MR) is 102 cm³/mol. The van der Waals surface area contributed by atoms with E-state index in [1.165, 1.54) is 6.08 Å². The lowest BCUT2D eigenvalue weighted by Gasteiger charge is -2.25. The standard InChI is InChI=1S/C19H32N4O3/c1-12(2)14-9-10-16(24)21-11-7-6-8-15(18(25)22-14)23-19(26)17(20-5)13(3)4/h6,8-10,12-15,17,20H,7,11H2,1-5H3,(H,21,24)(H,22,25)(H,23,26)/b8-6+,10-9+/t14-,15+,17+/m1/s1. The number of rotatable bonds is 5. The lowest BCUT2D eigenvalue weighted by atomic mass is 10.0. The van der Waals surface area contributed by atoms with Crippen molar-refractivity contribution in [3.05, 3.63) is 24.3 Å². The third kappa shape index (κ3) is 7.00. The predicted octanol–water partition coefficient (Wildman–Crippen LogP) is 0.488. The summed E-state index contributed by atoms with van der Waals surface area (Å²) >= 11 is 0. The highest BCUT2D eigenvalue weighted by Crippen LogP contribution is 2.06. The van der Waals surface area contributed by atoms with Gasteiger partial charge in [0.15, 0.2) is 0 Å². The van der Waals surface area contributed by atoms with Gasteiger partial charge in [0.1, 0.15) is 6.04 Å². The van der Waals surface area contributed by atoms with Crippen LogP contribution in [0.2, 0.25) is 0 Å². The van der Waals surface area contributed by atoms with E-state index in [1.807, 2.05) is 27.7 Å². The van der Waals surface area contributed by atoms with Crippen LogP contribution in [0.25, 0.3) is 0 Å². The minimum absolute atomic E-state index is 0.0971. The zero-order valence-corrected chi connectivity index (χ0v) is 16.3. The number of carbonyl (C=O) groups excluding carboxylic acids is 3. The molecule has 26 heavy (non-hydrogen) atoms. The van der Waals surface area contributed by atoms with Gasteiger partial charge < -0.3 is 21.3 Å². The number of carbonyl (C=O) groups is 3. The molecule has 1 heterocycles. The second-order valence-electron chi connectivity index (χ2n) is 7.14. The largest absolute Gasteiger partial charge is 0.352 e. The van der Waals surface area contributed by atoms with Crippen molar-refractivity contribution in [1.29, 1.82) is 0 Å². The summed E-state index contributed by atoms with van der Waals surface area (Å²) in [7, 11) is 1.73. The van der Waals surface area contributed by atoms with Crippen LogP contribution in [0.1, 0.15) is 34.1 Å². The van der Waals surface area contributed by atoms with Gasteiger partial charge in [0, 0.05) is 18.7 Å². The van der Waals surface area contributed by atoms with Gasteiger partial charge in [0.05, 0.1) is 6.04 Å². The molecule has 3 atom stereocenters. The number of hydrogen-bond donors (Lipinski definition) is 4. The van der Waals surface area contributed by atoms with E-state index in [-0.39, 0.29) is 41.6 Å². The summed E-state index contributed by atoms with van der Waals surface area (Å²) in [6, 6.07) is -1.44. The van der Waals surface area contributed by atoms with Crippen LogP contribution < -0.4 is 21.3 Å². The van der Waals surface area contributed by atoms with E-state index in [9.17, 15) is 14.4 Å². The van der Waals surface area contributed by atoms with Crippen molar-refractivity contribution < 1.29 is 14.4 Å². The van der Waals surface area contributed by atoms with Gasteiger partial charge in [-0.15, -0.1) is 0 Å². The number of amides is 3. The summed E-state index contributed by atoms with van der Waals surface area (Å²) in [5.41, 5.74) is 0. The Labute approximate surface area is 156 Å². The average molecular weight is 364 g/mol. The highest BCUT2D eigenvalue weighted by atomic mass is 16.2. The molecule has 0 saturated carbocycles. The monoisotopic (exact) mass is 364 g/mol. The Morgan fingerprint density at radius 2 is 1.88 bits per heavy atom. The minimum Gasteiger partial charge on any atom is -0.352 e. The Kier molecular flexibility index (Phi) is 9.05. The van der Waals surface area contributed by atoms with Crippen molar-refractivity contribution in [3.63, 3.8) is 0 Å². The van der Waals surface area contributed by atoms with Crippen LogP contribution in [-0.4, -0.2) is 49.4 Å². The molecule has 0 unspecified atom stereocenters. The molecule has 0 aromatic heterocycles. The van der Waals surface area contributed by atoms with Crippen molar-refractivity contribution in [2.45, 2.75) is 52.2 Å². The van der Waals surface area contributed by atoms with E-state index in [0.717, 1.165) is 0 Å². The third-order valence-electron chi connectivity index (χ3n) is 4.26. The van der Waals surface area contributed by atoms with Crippen LogP contribution in [0.4, 0.5) is 0 Å². The van der Waals surface area contributed by atoms with Gasteiger partial charge in [-0.2, -0.15) is 0 Å². The van der Waals surface area contributed by atoms with E-state index in [4.69, 9.17) is 0 Å². The number of nitrogens with one attached hydrogen (secondary N) is 4. The molecule has 1 aliphatic heterocycles. The van der Waals surface area contributed by atoms with E-state index in [1.54, 1.807) is 25.3 Å². The summed E-state index contributed by atoms with van der Waals surface area (Å²) in [4.78, 5) is 36.9. The summed E-state index contributed by atoms with van der Waals surface area (Å²) in [6.07, 6.45) is 7.18. The van der Waals surface area contributed by atoms with Crippen molar-refractivity contribution in [3.8, 4) is 0 Å². The van der Waals surface area contributed by atoms with Crippen LogP contribution in [0.5, 0.6) is 0 Å². The highest BCUT2D eigenvalue weighted by Gasteiger charge is 2.26. The first kappa shape index (κ1) is 21.9. The Morgan fingerprint density at radius 1 is 1.19 bits per heavy atom. The fraction of sp³-hybridized carbons (Fsp3) is 0.632. The van der Waals surface area contributed by atoms with Gasteiger partial charge >= 0.3 is 0 Å². The minimum atomic E-state index is -0.762. The van der Waals surface area contributed by atoms with Crippen LogP contribution in [-0.2, 0) is 14.4 Å². The van der Waals surface area contributed by atoms with Crippen LogP contribution >= 0.6 is 0 Å². The topological polar surface area (TPSA) is 99.3 Å². The lowest BCUT2D eigenvalue weighted by Crippen LogP contribution is -2.54. The van der Waals surface area contributed by atoms with Gasteiger partial charge in [-0.05, 0) is 25.3 Å². The van der Waals surface area contributed by atoms with E-state index >= 15 is 0 Å². The van der Waals surface area contributed by atoms with Gasteiger partial charge in [-0.1, -0.05) is 45.9 Å². The second kappa shape index (κ2) is 10.8. The molecule has 0 aromatic carbocycles. The SMILES string of the molecule is CN[C@H](C(=O)N[C@H]1/C=C/CCNC(=O)/C=C/[C@H](C(C)C)NC1=O)C(C)C. The number of hydrogen-bond acceptors (Lipinski definition) is 4. The Bertz CT molecular complexity index is 555. The maximum absolute atomic E-state index is 12.7. The van der Waals surface area contributed by atoms with E-state index in [0.29, 0.717) is 13.0 Å². The van der Waals surface area contributed by atoms with E-state index in [2.05, 4.69) is 21.3 Å². The molecule has 7 heteroatoms. The smallest absolute Gasteiger partial charge is 0.247 e. The molecule has 0 saturated heterocycles. The third-order valence-corrected chi connectivity index (χ3v) is 4.26. The summed E-state index contributed by atoms with van der Waals surface area (Å²) < 4.78 is 0. The second-order valence-corrected chi connectivity index (χ2v) is 7.14. The Balaban J connectivity index is 2.97. The Hall–Kier alpha value is -2.15. The quantitative estimate of drug-likeness (QED) is 0.534. The Morgan fingerprint density at radius 3 is 2.46 bits per heavy atom. The molecule has 4 N–H and O–H groups in total. The summed E-state index contributed by atoms with van der Waals surface area (Å²) in [5.74, 6) is -0.494. The molecule has 0 radical (unpaired) electrons. The lowest BCUT2D eigenvalue weighted by molar-refractivity contribution is -0.129. The molecule has 0 aromatic rings. The van der Waals surface area contributed by atoms with Crippen molar-refractivity contribution in [1.82, 2.24) is 21.3 Å².